The van der Waals surface area contributed by atoms with Crippen LogP contribution in [0.5, 0.6) is 0 Å². The van der Waals surface area contributed by atoms with Crippen LogP contribution in [0.3, 0.4) is 0 Å². The van der Waals surface area contributed by atoms with E-state index in [1.54, 1.807) is 66.7 Å². The smallest absolute Gasteiger partial charge is 0.295 e. The minimum atomic E-state index is -1.63. The molecule has 1 spiro atoms. The Morgan fingerprint density at radius 2 is 1.56 bits per heavy atom. The van der Waals surface area contributed by atoms with E-state index >= 15 is 0 Å². The molecule has 1 atom stereocenters. The maximum absolute atomic E-state index is 13.6. The van der Waals surface area contributed by atoms with E-state index in [0.717, 1.165) is 11.8 Å². The van der Waals surface area contributed by atoms with Crippen LogP contribution >= 0.6 is 46.6 Å². The highest BCUT2D eigenvalue weighted by Gasteiger charge is 2.63. The summed E-state index contributed by atoms with van der Waals surface area (Å²) in [6.07, 6.45) is 0. The number of anilines is 2. The topological polar surface area (TPSA) is 69.6 Å². The number of aliphatic hydroxyl groups is 1. The molecule has 0 fully saturated rings. The highest BCUT2D eigenvalue weighted by molar-refractivity contribution is 8.03. The van der Waals surface area contributed by atoms with Gasteiger partial charge >= 0.3 is 0 Å². The lowest BCUT2D eigenvalue weighted by atomic mass is 9.90. The number of nitrogens with one attached hydrogen (secondary N) is 1. The third kappa shape index (κ3) is 3.10. The highest BCUT2D eigenvalue weighted by atomic mass is 35.5. The molecule has 0 aromatic heterocycles. The summed E-state index contributed by atoms with van der Waals surface area (Å²) in [4.78, 5) is 29.2. The molecule has 0 unspecified atom stereocenters. The van der Waals surface area contributed by atoms with E-state index < -0.39 is 23.1 Å². The molecule has 5 nitrogen and oxygen atoms in total. The van der Waals surface area contributed by atoms with Crippen LogP contribution in [0, 0.1) is 0 Å². The number of aliphatic hydroxyl groups excluding tert-OH is 1. The molecule has 0 saturated heterocycles. The summed E-state index contributed by atoms with van der Waals surface area (Å²) in [5, 5.41) is 15.2. The number of hydrogen-bond acceptors (Lipinski definition) is 4. The number of nitrogens with zero attached hydrogens (tertiary/aromatic N) is 1. The monoisotopic (exact) mass is 502 g/mol. The molecule has 5 rings (SSSR count). The van der Waals surface area contributed by atoms with Gasteiger partial charge in [-0.05, 0) is 54.6 Å². The van der Waals surface area contributed by atoms with E-state index in [0.29, 0.717) is 36.9 Å². The van der Waals surface area contributed by atoms with Gasteiger partial charge in [0.05, 0.1) is 4.91 Å². The first-order chi connectivity index (χ1) is 15.3. The summed E-state index contributed by atoms with van der Waals surface area (Å²) >= 11 is 19.5. The Hall–Kier alpha value is -2.64. The average molecular weight is 504 g/mol. The van der Waals surface area contributed by atoms with Gasteiger partial charge in [-0.25, -0.2) is 0 Å². The molecule has 2 aliphatic heterocycles. The second kappa shape index (κ2) is 7.74. The van der Waals surface area contributed by atoms with Gasteiger partial charge < -0.3 is 10.4 Å². The standard InChI is InChI=1S/C23H13Cl3N2O3S/c24-12-4-7-16(8-5-12)32-20-19(29)21(30)28(15-3-1-2-13(25)10-15)23(20)17-9-6-14(26)11-18(17)27-22(23)31/h1-11,29H,(H,27,31)/t23-/m0/s1. The molecular weight excluding hydrogens is 491 g/mol. The molecule has 2 aliphatic rings. The first-order valence-corrected chi connectivity index (χ1v) is 11.4. The van der Waals surface area contributed by atoms with Gasteiger partial charge in [-0.1, -0.05) is 58.7 Å². The Bertz CT molecular complexity index is 1330. The van der Waals surface area contributed by atoms with E-state index in [4.69, 9.17) is 34.8 Å². The van der Waals surface area contributed by atoms with Crippen LogP contribution in [0.25, 0.3) is 0 Å². The van der Waals surface area contributed by atoms with Gasteiger partial charge in [0.2, 0.25) is 0 Å². The van der Waals surface area contributed by atoms with Gasteiger partial charge in [0.15, 0.2) is 11.3 Å². The van der Waals surface area contributed by atoms with Crippen molar-refractivity contribution in [3.8, 4) is 0 Å². The quantitative estimate of drug-likeness (QED) is 0.434. The van der Waals surface area contributed by atoms with Gasteiger partial charge in [0.25, 0.3) is 11.8 Å². The van der Waals surface area contributed by atoms with Crippen molar-refractivity contribution in [1.29, 1.82) is 0 Å². The van der Waals surface area contributed by atoms with Crippen molar-refractivity contribution in [2.45, 2.75) is 10.4 Å². The van der Waals surface area contributed by atoms with Crippen LogP contribution in [0.15, 0.2) is 82.3 Å². The van der Waals surface area contributed by atoms with Crippen molar-refractivity contribution < 1.29 is 14.7 Å². The molecule has 9 heteroatoms. The molecule has 0 saturated carbocycles. The fraction of sp³-hybridized carbons (Fsp3) is 0.0435. The molecule has 32 heavy (non-hydrogen) atoms. The zero-order valence-electron chi connectivity index (χ0n) is 16.1. The Labute approximate surface area is 202 Å². The van der Waals surface area contributed by atoms with E-state index in [9.17, 15) is 14.7 Å². The lowest BCUT2D eigenvalue weighted by Crippen LogP contribution is -2.50. The van der Waals surface area contributed by atoms with Crippen LogP contribution in [0.2, 0.25) is 15.1 Å². The molecule has 0 bridgehead atoms. The highest BCUT2D eigenvalue weighted by Crippen LogP contribution is 2.57. The number of thioether (sulfide) groups is 1. The summed E-state index contributed by atoms with van der Waals surface area (Å²) in [7, 11) is 0. The molecule has 0 aliphatic carbocycles. The van der Waals surface area contributed by atoms with Crippen LogP contribution in [0.1, 0.15) is 5.56 Å². The van der Waals surface area contributed by atoms with Crippen molar-refractivity contribution in [2.24, 2.45) is 0 Å². The first kappa shape index (κ1) is 21.2. The molecule has 3 aromatic rings. The Balaban J connectivity index is 1.77. The number of rotatable bonds is 3. The fourth-order valence-corrected chi connectivity index (χ4v) is 5.63. The van der Waals surface area contributed by atoms with Gasteiger partial charge in [0.1, 0.15) is 0 Å². The Morgan fingerprint density at radius 1 is 0.875 bits per heavy atom. The molecule has 2 amide bonds. The molecule has 160 valence electrons. The second-order valence-electron chi connectivity index (χ2n) is 7.21. The van der Waals surface area contributed by atoms with Crippen LogP contribution in [0.4, 0.5) is 11.4 Å². The third-order valence-corrected chi connectivity index (χ3v) is 7.26. The SMILES string of the molecule is O=C1C(O)=C(Sc2ccc(Cl)cc2)[C@@]2(C(=O)Nc3cc(Cl)ccc32)N1c1cccc(Cl)c1. The van der Waals surface area contributed by atoms with Crippen molar-refractivity contribution in [1.82, 2.24) is 0 Å². The first-order valence-electron chi connectivity index (χ1n) is 9.41. The maximum Gasteiger partial charge on any atom is 0.295 e. The predicted octanol–water partition coefficient (Wildman–Crippen LogP) is 6.40. The summed E-state index contributed by atoms with van der Waals surface area (Å²) in [6, 6.07) is 18.4. The lowest BCUT2D eigenvalue weighted by Gasteiger charge is -2.35. The summed E-state index contributed by atoms with van der Waals surface area (Å²) in [5.41, 5.74) is -0.290. The van der Waals surface area contributed by atoms with Crippen LogP contribution < -0.4 is 10.2 Å². The number of halogens is 3. The van der Waals surface area contributed by atoms with Gasteiger partial charge in [-0.2, -0.15) is 0 Å². The molecule has 2 heterocycles. The average Bonchev–Trinajstić information content (AvgIpc) is 3.15. The minimum Gasteiger partial charge on any atom is -0.502 e. The largest absolute Gasteiger partial charge is 0.502 e. The number of carbonyl (C=O) groups excluding carboxylic acids is 2. The van der Waals surface area contributed by atoms with Gasteiger partial charge in [0, 0.05) is 36.9 Å². The fourth-order valence-electron chi connectivity index (χ4n) is 4.01. The van der Waals surface area contributed by atoms with E-state index in [1.807, 2.05) is 0 Å². The summed E-state index contributed by atoms with van der Waals surface area (Å²) < 4.78 is 0. The van der Waals surface area contributed by atoms with Crippen molar-refractivity contribution in [2.75, 3.05) is 10.2 Å². The van der Waals surface area contributed by atoms with Crippen molar-refractivity contribution in [3.05, 3.63) is 98.0 Å². The molecule has 0 radical (unpaired) electrons. The molecule has 3 aromatic carbocycles. The number of fused-ring (bicyclic) bond motifs is 2. The normalized spacial score (nSPS) is 19.7. The van der Waals surface area contributed by atoms with Crippen molar-refractivity contribution in [3.63, 3.8) is 0 Å². The van der Waals surface area contributed by atoms with Crippen molar-refractivity contribution >= 4 is 69.8 Å². The Morgan fingerprint density at radius 3 is 2.28 bits per heavy atom. The number of amides is 2. The third-order valence-electron chi connectivity index (χ3n) is 5.33. The van der Waals surface area contributed by atoms with E-state index in [-0.39, 0.29) is 4.91 Å². The zero-order valence-corrected chi connectivity index (χ0v) is 19.2. The molecule has 2 N–H and O–H groups in total. The van der Waals surface area contributed by atoms with Gasteiger partial charge in [-0.3, -0.25) is 14.5 Å². The lowest BCUT2D eigenvalue weighted by molar-refractivity contribution is -0.123. The van der Waals surface area contributed by atoms with Gasteiger partial charge in [-0.15, -0.1) is 0 Å². The van der Waals surface area contributed by atoms with E-state index in [1.165, 1.54) is 4.90 Å². The predicted molar refractivity (Wildman–Crippen MR) is 128 cm³/mol. The van der Waals surface area contributed by atoms with E-state index in [2.05, 4.69) is 5.32 Å². The number of hydrogen-bond donors (Lipinski definition) is 2. The van der Waals surface area contributed by atoms with Crippen LogP contribution in [-0.4, -0.2) is 16.9 Å². The zero-order chi connectivity index (χ0) is 22.6. The minimum absolute atomic E-state index is 0.184. The molecular formula is C23H13Cl3N2O3S. The maximum atomic E-state index is 13.6. The Kier molecular flexibility index (Phi) is 5.13. The van der Waals surface area contributed by atoms with Crippen LogP contribution in [-0.2, 0) is 15.1 Å². The number of carbonyl (C=O) groups is 2. The summed E-state index contributed by atoms with van der Waals surface area (Å²) in [5.74, 6) is -1.70. The number of benzene rings is 3. The summed E-state index contributed by atoms with van der Waals surface area (Å²) in [6.45, 7) is 0. The second-order valence-corrected chi connectivity index (χ2v) is 9.60.